The first-order chi connectivity index (χ1) is 14.4. The van der Waals surface area contributed by atoms with E-state index in [0.717, 1.165) is 49.4 Å². The number of aryl methyl sites for hydroxylation is 1. The molecule has 30 heavy (non-hydrogen) atoms. The molecule has 0 aliphatic carbocycles. The number of amides is 1. The van der Waals surface area contributed by atoms with Gasteiger partial charge in [0, 0.05) is 30.0 Å². The van der Waals surface area contributed by atoms with E-state index in [9.17, 15) is 14.4 Å². The van der Waals surface area contributed by atoms with Crippen LogP contribution in [0, 0.1) is 13.8 Å². The Bertz CT molecular complexity index is 1020. The van der Waals surface area contributed by atoms with Crippen molar-refractivity contribution < 1.29 is 19.1 Å². The number of Topliss-reactive ketones (excluding diaryl/α,β-unsaturated/α-hetero) is 1. The molecule has 0 radical (unpaired) electrons. The highest BCUT2D eigenvalue weighted by Gasteiger charge is 2.36. The highest BCUT2D eigenvalue weighted by molar-refractivity contribution is 6.06. The molecule has 1 N–H and O–H groups in total. The van der Waals surface area contributed by atoms with Crippen molar-refractivity contribution in [2.75, 3.05) is 23.4 Å². The SMILES string of the molecule is CCCn1c(C)cc(C(=O)COC(=O)c2ccc3c(c2)NC(=O)[C@H]2CCCN32)c1C. The van der Waals surface area contributed by atoms with E-state index in [0.29, 0.717) is 16.8 Å². The second-order valence-corrected chi connectivity index (χ2v) is 8.01. The zero-order chi connectivity index (χ0) is 21.4. The molecule has 2 aliphatic rings. The Balaban J connectivity index is 1.45. The Morgan fingerprint density at radius 1 is 1.23 bits per heavy atom. The molecule has 1 aromatic heterocycles. The summed E-state index contributed by atoms with van der Waals surface area (Å²) in [7, 11) is 0. The Morgan fingerprint density at radius 2 is 2.03 bits per heavy atom. The van der Waals surface area contributed by atoms with Gasteiger partial charge in [-0.1, -0.05) is 6.92 Å². The van der Waals surface area contributed by atoms with Crippen LogP contribution in [-0.4, -0.2) is 41.4 Å². The number of anilines is 2. The lowest BCUT2D eigenvalue weighted by Gasteiger charge is -2.33. The molecule has 7 nitrogen and oxygen atoms in total. The summed E-state index contributed by atoms with van der Waals surface area (Å²) in [5.41, 5.74) is 4.36. The smallest absolute Gasteiger partial charge is 0.338 e. The van der Waals surface area contributed by atoms with Gasteiger partial charge in [-0.25, -0.2) is 4.79 Å². The monoisotopic (exact) mass is 409 g/mol. The van der Waals surface area contributed by atoms with E-state index in [-0.39, 0.29) is 24.3 Å². The van der Waals surface area contributed by atoms with Crippen LogP contribution in [0.3, 0.4) is 0 Å². The van der Waals surface area contributed by atoms with Crippen LogP contribution in [0.15, 0.2) is 24.3 Å². The number of esters is 1. The van der Waals surface area contributed by atoms with Crippen molar-refractivity contribution in [1.29, 1.82) is 0 Å². The molecular weight excluding hydrogens is 382 g/mol. The first-order valence-corrected chi connectivity index (χ1v) is 10.5. The molecule has 4 rings (SSSR count). The van der Waals surface area contributed by atoms with Crippen LogP contribution in [0.2, 0.25) is 0 Å². The molecular formula is C23H27N3O4. The number of fused-ring (bicyclic) bond motifs is 3. The molecule has 0 unspecified atom stereocenters. The second kappa shape index (κ2) is 7.97. The van der Waals surface area contributed by atoms with Crippen LogP contribution in [-0.2, 0) is 16.1 Å². The van der Waals surface area contributed by atoms with E-state index in [4.69, 9.17) is 4.74 Å². The summed E-state index contributed by atoms with van der Waals surface area (Å²) < 4.78 is 7.39. The molecule has 0 saturated carbocycles. The predicted molar refractivity (Wildman–Crippen MR) is 114 cm³/mol. The third kappa shape index (κ3) is 3.49. The van der Waals surface area contributed by atoms with Crippen LogP contribution in [0.25, 0.3) is 0 Å². The van der Waals surface area contributed by atoms with Crippen molar-refractivity contribution in [1.82, 2.24) is 4.57 Å². The van der Waals surface area contributed by atoms with Gasteiger partial charge in [0.2, 0.25) is 11.7 Å². The number of carbonyl (C=O) groups is 3. The number of hydrogen-bond acceptors (Lipinski definition) is 5. The number of hydrogen-bond donors (Lipinski definition) is 1. The van der Waals surface area contributed by atoms with Crippen molar-refractivity contribution in [3.63, 3.8) is 0 Å². The first kappa shape index (κ1) is 20.2. The number of benzene rings is 1. The van der Waals surface area contributed by atoms with E-state index in [1.165, 1.54) is 0 Å². The third-order valence-corrected chi connectivity index (χ3v) is 6.01. The number of carbonyl (C=O) groups excluding carboxylic acids is 3. The van der Waals surface area contributed by atoms with Crippen LogP contribution in [0.4, 0.5) is 11.4 Å². The maximum absolute atomic E-state index is 12.6. The topological polar surface area (TPSA) is 80.6 Å². The first-order valence-electron chi connectivity index (χ1n) is 10.5. The number of rotatable bonds is 6. The fourth-order valence-electron chi connectivity index (χ4n) is 4.50. The van der Waals surface area contributed by atoms with Crippen LogP contribution < -0.4 is 10.2 Å². The van der Waals surface area contributed by atoms with Gasteiger partial charge >= 0.3 is 5.97 Å². The largest absolute Gasteiger partial charge is 0.454 e. The fourth-order valence-corrected chi connectivity index (χ4v) is 4.50. The van der Waals surface area contributed by atoms with Crippen molar-refractivity contribution >= 4 is 29.0 Å². The number of ketones is 1. The van der Waals surface area contributed by atoms with Crippen molar-refractivity contribution in [3.05, 3.63) is 46.8 Å². The van der Waals surface area contributed by atoms with Crippen LogP contribution in [0.5, 0.6) is 0 Å². The minimum Gasteiger partial charge on any atom is -0.454 e. The average Bonchev–Trinajstić information content (AvgIpc) is 3.33. The van der Waals surface area contributed by atoms with E-state index >= 15 is 0 Å². The van der Waals surface area contributed by atoms with Crippen molar-refractivity contribution in [2.24, 2.45) is 0 Å². The molecule has 1 amide bonds. The third-order valence-electron chi connectivity index (χ3n) is 6.01. The van der Waals surface area contributed by atoms with Gasteiger partial charge in [-0.15, -0.1) is 0 Å². The second-order valence-electron chi connectivity index (χ2n) is 8.01. The van der Waals surface area contributed by atoms with Gasteiger partial charge in [-0.05, 0) is 57.4 Å². The van der Waals surface area contributed by atoms with Crippen LogP contribution >= 0.6 is 0 Å². The minimum atomic E-state index is -0.577. The molecule has 1 saturated heterocycles. The number of ether oxygens (including phenoxy) is 1. The van der Waals surface area contributed by atoms with E-state index in [1.54, 1.807) is 12.1 Å². The van der Waals surface area contributed by atoms with Crippen LogP contribution in [0.1, 0.15) is 58.3 Å². The average molecular weight is 409 g/mol. The molecule has 1 atom stereocenters. The zero-order valence-electron chi connectivity index (χ0n) is 17.7. The molecule has 158 valence electrons. The Labute approximate surface area is 176 Å². The highest BCUT2D eigenvalue weighted by atomic mass is 16.5. The minimum absolute atomic E-state index is 0.0388. The number of nitrogens with one attached hydrogen (secondary N) is 1. The Kier molecular flexibility index (Phi) is 5.37. The Hall–Kier alpha value is -3.09. The molecule has 7 heteroatoms. The van der Waals surface area contributed by atoms with E-state index < -0.39 is 5.97 Å². The molecule has 1 fully saturated rings. The molecule has 3 heterocycles. The predicted octanol–water partition coefficient (Wildman–Crippen LogP) is 3.48. The number of nitrogens with zero attached hydrogens (tertiary/aromatic N) is 2. The van der Waals surface area contributed by atoms with E-state index in [2.05, 4.69) is 21.7 Å². The van der Waals surface area contributed by atoms with Gasteiger partial charge in [0.1, 0.15) is 6.04 Å². The van der Waals surface area contributed by atoms with Gasteiger partial charge in [0.25, 0.3) is 0 Å². The summed E-state index contributed by atoms with van der Waals surface area (Å²) in [5, 5.41) is 2.89. The molecule has 2 aliphatic heterocycles. The number of aromatic nitrogens is 1. The highest BCUT2D eigenvalue weighted by Crippen LogP contribution is 2.37. The standard InChI is InChI=1S/C23H27N3O4/c1-4-9-25-14(2)11-17(15(25)3)21(27)13-30-23(29)16-7-8-19-18(12-16)24-22(28)20-6-5-10-26(19)20/h7-8,11-12,20H,4-6,9-10,13H2,1-3H3,(H,24,28)/t20-/m1/s1. The van der Waals surface area contributed by atoms with Gasteiger partial charge in [0.05, 0.1) is 16.9 Å². The maximum Gasteiger partial charge on any atom is 0.338 e. The lowest BCUT2D eigenvalue weighted by atomic mass is 10.1. The van der Waals surface area contributed by atoms with Crippen molar-refractivity contribution in [2.45, 2.75) is 52.6 Å². The summed E-state index contributed by atoms with van der Waals surface area (Å²) in [5.74, 6) is -0.834. The summed E-state index contributed by atoms with van der Waals surface area (Å²) in [4.78, 5) is 39.5. The summed E-state index contributed by atoms with van der Waals surface area (Å²) in [6.45, 7) is 7.34. The quantitative estimate of drug-likeness (QED) is 0.584. The summed E-state index contributed by atoms with van der Waals surface area (Å²) in [6, 6.07) is 6.87. The lowest BCUT2D eigenvalue weighted by Crippen LogP contribution is -2.43. The van der Waals surface area contributed by atoms with E-state index in [1.807, 2.05) is 26.0 Å². The van der Waals surface area contributed by atoms with Gasteiger partial charge in [0.15, 0.2) is 6.61 Å². The molecule has 0 bridgehead atoms. The molecule has 0 spiro atoms. The van der Waals surface area contributed by atoms with Gasteiger partial charge < -0.3 is 19.5 Å². The van der Waals surface area contributed by atoms with Gasteiger partial charge in [-0.3, -0.25) is 9.59 Å². The zero-order valence-corrected chi connectivity index (χ0v) is 17.7. The van der Waals surface area contributed by atoms with Gasteiger partial charge in [-0.2, -0.15) is 0 Å². The molecule has 2 aromatic rings. The summed E-state index contributed by atoms with van der Waals surface area (Å²) >= 11 is 0. The maximum atomic E-state index is 12.6. The van der Waals surface area contributed by atoms with Crippen molar-refractivity contribution in [3.8, 4) is 0 Å². The fraction of sp³-hybridized carbons (Fsp3) is 0.435. The molecule has 1 aromatic carbocycles. The summed E-state index contributed by atoms with van der Waals surface area (Å²) in [6.07, 6.45) is 2.80. The lowest BCUT2D eigenvalue weighted by molar-refractivity contribution is -0.117. The Morgan fingerprint density at radius 3 is 2.80 bits per heavy atom. The normalized spacial score (nSPS) is 17.4.